The van der Waals surface area contributed by atoms with E-state index in [0.29, 0.717) is 0 Å². The zero-order chi connectivity index (χ0) is 12.8. The van der Waals surface area contributed by atoms with Crippen molar-refractivity contribution < 1.29 is 4.74 Å². The Labute approximate surface area is 112 Å². The molecule has 0 fully saturated rings. The molecule has 2 aromatic rings. The van der Waals surface area contributed by atoms with E-state index in [0.717, 1.165) is 28.0 Å². The maximum atomic E-state index is 5.14. The number of rotatable bonds is 5. The van der Waals surface area contributed by atoms with E-state index in [9.17, 15) is 0 Å². The van der Waals surface area contributed by atoms with Gasteiger partial charge in [-0.25, -0.2) is 4.98 Å². The molecule has 1 N–H and O–H groups in total. The lowest BCUT2D eigenvalue weighted by Gasteiger charge is -2.05. The Balaban J connectivity index is 2.09. The van der Waals surface area contributed by atoms with Crippen LogP contribution in [0.1, 0.15) is 6.92 Å². The molecule has 4 heteroatoms. The normalized spacial score (nSPS) is 10.1. The number of benzene rings is 1. The van der Waals surface area contributed by atoms with Crippen molar-refractivity contribution in [2.45, 2.75) is 16.8 Å². The fraction of sp³-hybridized carbons (Fsp3) is 0.214. The van der Waals surface area contributed by atoms with Crippen LogP contribution in [-0.4, -0.2) is 18.6 Å². The molecule has 0 saturated heterocycles. The van der Waals surface area contributed by atoms with Gasteiger partial charge in [0.1, 0.15) is 16.6 Å². The fourth-order valence-electron chi connectivity index (χ4n) is 1.52. The molecule has 0 spiro atoms. The van der Waals surface area contributed by atoms with Gasteiger partial charge in [0.2, 0.25) is 0 Å². The van der Waals surface area contributed by atoms with Gasteiger partial charge in [0, 0.05) is 11.4 Å². The highest BCUT2D eigenvalue weighted by Crippen LogP contribution is 2.28. The summed E-state index contributed by atoms with van der Waals surface area (Å²) in [4.78, 5) is 5.67. The Morgan fingerprint density at radius 2 is 1.94 bits per heavy atom. The maximum absolute atomic E-state index is 5.14. The van der Waals surface area contributed by atoms with Crippen molar-refractivity contribution in [3.05, 3.63) is 42.5 Å². The van der Waals surface area contributed by atoms with E-state index >= 15 is 0 Å². The van der Waals surface area contributed by atoms with E-state index in [-0.39, 0.29) is 0 Å². The van der Waals surface area contributed by atoms with E-state index in [2.05, 4.69) is 17.2 Å². The third-order valence-corrected chi connectivity index (χ3v) is 3.31. The molecule has 18 heavy (non-hydrogen) atoms. The second kappa shape index (κ2) is 6.31. The van der Waals surface area contributed by atoms with Crippen molar-refractivity contribution in [2.75, 3.05) is 19.0 Å². The molecule has 1 aromatic carbocycles. The second-order valence-corrected chi connectivity index (χ2v) is 4.76. The molecule has 0 bridgehead atoms. The average Bonchev–Trinajstić information content (AvgIpc) is 2.40. The van der Waals surface area contributed by atoms with Crippen molar-refractivity contribution in [2.24, 2.45) is 0 Å². The van der Waals surface area contributed by atoms with Crippen LogP contribution in [0.4, 0.5) is 5.82 Å². The van der Waals surface area contributed by atoms with Gasteiger partial charge in [-0.3, -0.25) is 0 Å². The molecule has 1 aromatic heterocycles. The van der Waals surface area contributed by atoms with Crippen LogP contribution in [0.15, 0.2) is 52.4 Å². The predicted octanol–water partition coefficient (Wildman–Crippen LogP) is 3.67. The summed E-state index contributed by atoms with van der Waals surface area (Å²) in [5, 5.41) is 4.19. The number of anilines is 1. The summed E-state index contributed by atoms with van der Waals surface area (Å²) in [7, 11) is 1.67. The Kier molecular flexibility index (Phi) is 4.47. The van der Waals surface area contributed by atoms with E-state index in [1.54, 1.807) is 18.9 Å². The summed E-state index contributed by atoms with van der Waals surface area (Å²) in [5.74, 6) is 1.78. The molecular formula is C14H16N2OS. The highest BCUT2D eigenvalue weighted by atomic mass is 32.2. The van der Waals surface area contributed by atoms with Crippen LogP contribution >= 0.6 is 11.8 Å². The number of pyridine rings is 1. The van der Waals surface area contributed by atoms with Gasteiger partial charge in [-0.1, -0.05) is 17.8 Å². The lowest BCUT2D eigenvalue weighted by molar-refractivity contribution is 0.414. The Hall–Kier alpha value is -1.68. The minimum Gasteiger partial charge on any atom is -0.497 e. The van der Waals surface area contributed by atoms with Gasteiger partial charge in [0.25, 0.3) is 0 Å². The van der Waals surface area contributed by atoms with E-state index in [1.165, 1.54) is 0 Å². The first-order valence-electron chi connectivity index (χ1n) is 5.84. The van der Waals surface area contributed by atoms with Crippen LogP contribution in [-0.2, 0) is 0 Å². The van der Waals surface area contributed by atoms with Crippen molar-refractivity contribution in [3.63, 3.8) is 0 Å². The predicted molar refractivity (Wildman–Crippen MR) is 75.5 cm³/mol. The molecule has 94 valence electrons. The largest absolute Gasteiger partial charge is 0.497 e. The smallest absolute Gasteiger partial charge is 0.127 e. The number of nitrogens with zero attached hydrogens (tertiary/aromatic N) is 1. The van der Waals surface area contributed by atoms with Crippen LogP contribution in [0.3, 0.4) is 0 Å². The van der Waals surface area contributed by atoms with Crippen LogP contribution in [0.5, 0.6) is 5.75 Å². The molecule has 0 unspecified atom stereocenters. The zero-order valence-electron chi connectivity index (χ0n) is 10.5. The van der Waals surface area contributed by atoms with Crippen molar-refractivity contribution >= 4 is 17.6 Å². The topological polar surface area (TPSA) is 34.1 Å². The Morgan fingerprint density at radius 3 is 2.61 bits per heavy atom. The van der Waals surface area contributed by atoms with Crippen molar-refractivity contribution in [3.8, 4) is 5.75 Å². The molecule has 0 radical (unpaired) electrons. The van der Waals surface area contributed by atoms with Gasteiger partial charge >= 0.3 is 0 Å². The summed E-state index contributed by atoms with van der Waals surface area (Å²) in [5.41, 5.74) is 0. The molecule has 1 heterocycles. The maximum Gasteiger partial charge on any atom is 0.127 e. The fourth-order valence-corrected chi connectivity index (χ4v) is 2.32. The van der Waals surface area contributed by atoms with E-state index in [4.69, 9.17) is 4.74 Å². The molecule has 0 aliphatic carbocycles. The van der Waals surface area contributed by atoms with E-state index in [1.807, 2.05) is 42.5 Å². The van der Waals surface area contributed by atoms with Gasteiger partial charge < -0.3 is 10.1 Å². The second-order valence-electron chi connectivity index (χ2n) is 3.67. The lowest BCUT2D eigenvalue weighted by Crippen LogP contribution is -1.98. The van der Waals surface area contributed by atoms with Crippen LogP contribution in [0, 0.1) is 0 Å². The minimum atomic E-state index is 0.869. The molecule has 0 atom stereocenters. The first-order chi connectivity index (χ1) is 8.81. The molecular weight excluding hydrogens is 244 g/mol. The van der Waals surface area contributed by atoms with Crippen molar-refractivity contribution in [1.29, 1.82) is 0 Å². The molecule has 0 aliphatic rings. The lowest BCUT2D eigenvalue weighted by atomic mass is 10.3. The Morgan fingerprint density at radius 1 is 1.17 bits per heavy atom. The summed E-state index contributed by atoms with van der Waals surface area (Å²) in [6, 6.07) is 14.0. The number of hydrogen-bond acceptors (Lipinski definition) is 4. The number of methoxy groups -OCH3 is 1. The molecule has 0 saturated carbocycles. The third kappa shape index (κ3) is 3.40. The third-order valence-electron chi connectivity index (χ3n) is 2.36. The first kappa shape index (κ1) is 12.8. The number of hydrogen-bond donors (Lipinski definition) is 1. The quantitative estimate of drug-likeness (QED) is 0.889. The number of ether oxygens (including phenoxy) is 1. The monoisotopic (exact) mass is 260 g/mol. The average molecular weight is 260 g/mol. The van der Waals surface area contributed by atoms with Gasteiger partial charge in [0.05, 0.1) is 7.11 Å². The van der Waals surface area contributed by atoms with E-state index < -0.39 is 0 Å². The van der Waals surface area contributed by atoms with Gasteiger partial charge in [0.15, 0.2) is 0 Å². The van der Waals surface area contributed by atoms with Gasteiger partial charge in [-0.2, -0.15) is 0 Å². The molecule has 3 nitrogen and oxygen atoms in total. The molecule has 0 amide bonds. The molecule has 0 aliphatic heterocycles. The highest BCUT2D eigenvalue weighted by Gasteiger charge is 2.00. The SMILES string of the molecule is CCNc1cccc(Sc2ccc(OC)cc2)n1. The van der Waals surface area contributed by atoms with Crippen LogP contribution in [0.25, 0.3) is 0 Å². The highest BCUT2D eigenvalue weighted by molar-refractivity contribution is 7.99. The zero-order valence-corrected chi connectivity index (χ0v) is 11.3. The number of aromatic nitrogens is 1. The summed E-state index contributed by atoms with van der Waals surface area (Å²) in [6.07, 6.45) is 0. The molecule has 2 rings (SSSR count). The van der Waals surface area contributed by atoms with Gasteiger partial charge in [-0.15, -0.1) is 0 Å². The van der Waals surface area contributed by atoms with Crippen LogP contribution in [0.2, 0.25) is 0 Å². The Bertz CT molecular complexity index is 499. The van der Waals surface area contributed by atoms with Crippen LogP contribution < -0.4 is 10.1 Å². The van der Waals surface area contributed by atoms with Crippen molar-refractivity contribution in [1.82, 2.24) is 4.98 Å². The summed E-state index contributed by atoms with van der Waals surface area (Å²) >= 11 is 1.64. The minimum absolute atomic E-state index is 0.869. The summed E-state index contributed by atoms with van der Waals surface area (Å²) < 4.78 is 5.14. The summed E-state index contributed by atoms with van der Waals surface area (Å²) in [6.45, 7) is 2.94. The number of nitrogens with one attached hydrogen (secondary N) is 1. The van der Waals surface area contributed by atoms with Gasteiger partial charge in [-0.05, 0) is 43.3 Å². The standard InChI is InChI=1S/C14H16N2OS/c1-3-15-13-5-4-6-14(16-13)18-12-9-7-11(17-2)8-10-12/h4-10H,3H2,1-2H3,(H,15,16). The first-order valence-corrected chi connectivity index (χ1v) is 6.66.